The Morgan fingerprint density at radius 1 is 1.26 bits per heavy atom. The predicted molar refractivity (Wildman–Crippen MR) is 132 cm³/mol. The van der Waals surface area contributed by atoms with Crippen LogP contribution in [0.25, 0.3) is 0 Å². The molecule has 10 nitrogen and oxygen atoms in total. The highest BCUT2D eigenvalue weighted by Crippen LogP contribution is 2.27. The maximum absolute atomic E-state index is 13.3. The zero-order chi connectivity index (χ0) is 25.6. The van der Waals surface area contributed by atoms with Crippen LogP contribution >= 0.6 is 0 Å². The fraction of sp³-hybridized carbons (Fsp3) is 0.652. The number of sulfonamides is 1. The lowest BCUT2D eigenvalue weighted by molar-refractivity contribution is -0.136. The van der Waals surface area contributed by atoms with Gasteiger partial charge in [-0.25, -0.2) is 8.42 Å². The molecule has 0 aromatic heterocycles. The molecule has 1 aliphatic heterocycles. The van der Waals surface area contributed by atoms with E-state index < -0.39 is 10.0 Å². The molecule has 0 spiro atoms. The average Bonchev–Trinajstić information content (AvgIpc) is 2.77. The van der Waals surface area contributed by atoms with Crippen LogP contribution in [0, 0.1) is 5.92 Å². The third-order valence-electron chi connectivity index (χ3n) is 5.87. The number of likely N-dealkylation sites (N-methyl/N-ethyl adjacent to an activating group) is 2. The van der Waals surface area contributed by atoms with Gasteiger partial charge in [0.1, 0.15) is 12.4 Å². The molecule has 34 heavy (non-hydrogen) atoms. The molecule has 0 saturated carbocycles. The Morgan fingerprint density at radius 3 is 2.53 bits per heavy atom. The fourth-order valence-electron chi connectivity index (χ4n) is 3.80. The van der Waals surface area contributed by atoms with E-state index in [-0.39, 0.29) is 60.0 Å². The van der Waals surface area contributed by atoms with Gasteiger partial charge in [0.25, 0.3) is 5.91 Å². The average molecular weight is 499 g/mol. The van der Waals surface area contributed by atoms with Crippen LogP contribution < -0.4 is 9.46 Å². The first kappa shape index (κ1) is 27.9. The Kier molecular flexibility index (Phi) is 9.72. The minimum atomic E-state index is -3.51. The number of nitrogens with one attached hydrogen (secondary N) is 1. The van der Waals surface area contributed by atoms with Crippen molar-refractivity contribution in [3.05, 3.63) is 23.8 Å². The van der Waals surface area contributed by atoms with Crippen LogP contribution in [0.2, 0.25) is 0 Å². The monoisotopic (exact) mass is 498 g/mol. The Hall–Kier alpha value is -2.37. The van der Waals surface area contributed by atoms with E-state index in [4.69, 9.17) is 9.47 Å². The molecule has 1 aromatic rings. The van der Waals surface area contributed by atoms with E-state index in [0.29, 0.717) is 18.8 Å². The molecular weight excluding hydrogens is 460 g/mol. The topological polar surface area (TPSA) is 108 Å². The maximum Gasteiger partial charge on any atom is 0.257 e. The first-order valence-electron chi connectivity index (χ1n) is 11.4. The summed E-state index contributed by atoms with van der Waals surface area (Å²) < 4.78 is 38.3. The summed E-state index contributed by atoms with van der Waals surface area (Å²) in [7, 11) is 3.44. The van der Waals surface area contributed by atoms with Gasteiger partial charge in [-0.05, 0) is 46.1 Å². The lowest BCUT2D eigenvalue weighted by atomic mass is 10.0. The standard InChI is InChI=1S/C23H38N4O6S/c1-8-34(30,31)24-18-9-10-20-19(11-18)23(29)26(6)13-21(32-7)16(2)12-27(17(3)15-33-20)22(28)14-25(4)5/h9-11,16-17,21,24H,8,12-15H2,1-7H3/t16-,17+,21+/m1/s1. The number of carbonyl (C=O) groups excluding carboxylic acids is 2. The largest absolute Gasteiger partial charge is 0.491 e. The van der Waals surface area contributed by atoms with Crippen LogP contribution in [0.1, 0.15) is 31.1 Å². The second-order valence-corrected chi connectivity index (χ2v) is 11.1. The molecule has 11 heteroatoms. The maximum atomic E-state index is 13.3. The molecule has 1 aliphatic rings. The summed E-state index contributed by atoms with van der Waals surface area (Å²) in [5.74, 6) is -0.138. The van der Waals surface area contributed by atoms with E-state index in [1.807, 2.05) is 32.8 Å². The van der Waals surface area contributed by atoms with Gasteiger partial charge in [-0.1, -0.05) is 6.92 Å². The van der Waals surface area contributed by atoms with Crippen molar-refractivity contribution in [1.82, 2.24) is 14.7 Å². The molecule has 0 saturated heterocycles. The summed E-state index contributed by atoms with van der Waals surface area (Å²) in [6.07, 6.45) is -0.304. The summed E-state index contributed by atoms with van der Waals surface area (Å²) in [6.45, 7) is 6.64. The minimum Gasteiger partial charge on any atom is -0.491 e. The highest BCUT2D eigenvalue weighted by molar-refractivity contribution is 7.92. The number of fused-ring (bicyclic) bond motifs is 1. The number of hydrogen-bond donors (Lipinski definition) is 1. The summed E-state index contributed by atoms with van der Waals surface area (Å²) >= 11 is 0. The van der Waals surface area contributed by atoms with Gasteiger partial charge in [-0.15, -0.1) is 0 Å². The number of benzene rings is 1. The Bertz CT molecular complexity index is 968. The molecule has 1 N–H and O–H groups in total. The Morgan fingerprint density at radius 2 is 1.94 bits per heavy atom. The molecule has 2 amide bonds. The van der Waals surface area contributed by atoms with E-state index in [9.17, 15) is 18.0 Å². The zero-order valence-corrected chi connectivity index (χ0v) is 22.0. The number of anilines is 1. The van der Waals surface area contributed by atoms with Crippen LogP contribution in [0.5, 0.6) is 5.75 Å². The quantitative estimate of drug-likeness (QED) is 0.631. The van der Waals surface area contributed by atoms with Crippen LogP contribution in [0.3, 0.4) is 0 Å². The van der Waals surface area contributed by atoms with Gasteiger partial charge in [-0.3, -0.25) is 14.3 Å². The van der Waals surface area contributed by atoms with Crippen LogP contribution in [0.4, 0.5) is 5.69 Å². The minimum absolute atomic E-state index is 0.0196. The lowest BCUT2D eigenvalue weighted by Crippen LogP contribution is -2.50. The third kappa shape index (κ3) is 7.31. The molecule has 0 bridgehead atoms. The number of rotatable bonds is 6. The molecule has 192 valence electrons. The van der Waals surface area contributed by atoms with Crippen molar-refractivity contribution in [1.29, 1.82) is 0 Å². The molecule has 3 atom stereocenters. The number of methoxy groups -OCH3 is 1. The highest BCUT2D eigenvalue weighted by atomic mass is 32.2. The number of ether oxygens (including phenoxy) is 2. The van der Waals surface area contributed by atoms with Crippen molar-refractivity contribution in [3.63, 3.8) is 0 Å². The first-order valence-corrected chi connectivity index (χ1v) is 13.0. The molecule has 0 radical (unpaired) electrons. The number of hydrogen-bond acceptors (Lipinski definition) is 7. The Balaban J connectivity index is 2.47. The fourth-order valence-corrected chi connectivity index (χ4v) is 4.43. The molecular formula is C23H38N4O6S. The second kappa shape index (κ2) is 11.9. The summed E-state index contributed by atoms with van der Waals surface area (Å²) in [5.41, 5.74) is 0.519. The van der Waals surface area contributed by atoms with Gasteiger partial charge in [0, 0.05) is 38.9 Å². The van der Waals surface area contributed by atoms with Crippen molar-refractivity contribution in [2.45, 2.75) is 32.9 Å². The summed E-state index contributed by atoms with van der Waals surface area (Å²) in [4.78, 5) is 31.5. The zero-order valence-electron chi connectivity index (χ0n) is 21.2. The lowest BCUT2D eigenvalue weighted by Gasteiger charge is -2.36. The van der Waals surface area contributed by atoms with E-state index in [2.05, 4.69) is 4.72 Å². The molecule has 0 unspecified atom stereocenters. The van der Waals surface area contributed by atoms with E-state index in [1.165, 1.54) is 17.9 Å². The van der Waals surface area contributed by atoms with Gasteiger partial charge >= 0.3 is 0 Å². The smallest absolute Gasteiger partial charge is 0.257 e. The van der Waals surface area contributed by atoms with Crippen LogP contribution in [0.15, 0.2) is 18.2 Å². The molecule has 1 aromatic carbocycles. The number of nitrogens with zero attached hydrogens (tertiary/aromatic N) is 3. The van der Waals surface area contributed by atoms with E-state index in [1.54, 1.807) is 31.2 Å². The molecule has 2 rings (SSSR count). The predicted octanol–water partition coefficient (Wildman–Crippen LogP) is 1.34. The number of amides is 2. The van der Waals surface area contributed by atoms with Crippen molar-refractivity contribution >= 4 is 27.5 Å². The normalized spacial score (nSPS) is 22.5. The van der Waals surface area contributed by atoms with Crippen molar-refractivity contribution < 1.29 is 27.5 Å². The van der Waals surface area contributed by atoms with Crippen LogP contribution in [-0.4, -0.2) is 107 Å². The van der Waals surface area contributed by atoms with Crippen molar-refractivity contribution in [2.24, 2.45) is 5.92 Å². The highest BCUT2D eigenvalue weighted by Gasteiger charge is 2.30. The Labute approximate surface area is 203 Å². The van der Waals surface area contributed by atoms with E-state index in [0.717, 1.165) is 0 Å². The third-order valence-corrected chi connectivity index (χ3v) is 7.18. The van der Waals surface area contributed by atoms with Gasteiger partial charge in [0.2, 0.25) is 15.9 Å². The second-order valence-electron chi connectivity index (χ2n) is 9.10. The van der Waals surface area contributed by atoms with Crippen molar-refractivity contribution in [3.8, 4) is 5.75 Å². The summed E-state index contributed by atoms with van der Waals surface area (Å²) in [6, 6.07) is 4.36. The van der Waals surface area contributed by atoms with Gasteiger partial charge in [0.15, 0.2) is 0 Å². The first-order chi connectivity index (χ1) is 15.9. The summed E-state index contributed by atoms with van der Waals surface area (Å²) in [5, 5.41) is 0. The van der Waals surface area contributed by atoms with E-state index >= 15 is 0 Å². The number of carbonyl (C=O) groups is 2. The van der Waals surface area contributed by atoms with Gasteiger partial charge < -0.3 is 24.2 Å². The molecule has 0 fully saturated rings. The van der Waals surface area contributed by atoms with Gasteiger partial charge in [0.05, 0.1) is 30.0 Å². The SMILES string of the molecule is CCS(=O)(=O)Nc1ccc2c(c1)C(=O)N(C)C[C@H](OC)[C@H](C)CN(C(=O)CN(C)C)[C@@H](C)CO2. The molecule has 0 aliphatic carbocycles. The van der Waals surface area contributed by atoms with Crippen molar-refractivity contribution in [2.75, 3.05) is 65.0 Å². The molecule has 1 heterocycles. The van der Waals surface area contributed by atoms with Gasteiger partial charge in [-0.2, -0.15) is 0 Å². The van der Waals surface area contributed by atoms with Crippen LogP contribution in [-0.2, 0) is 19.6 Å².